The third-order valence-electron chi connectivity index (χ3n) is 4.77. The van der Waals surface area contributed by atoms with Gasteiger partial charge < -0.3 is 5.11 Å². The predicted octanol–water partition coefficient (Wildman–Crippen LogP) is 2.11. The van der Waals surface area contributed by atoms with Crippen LogP contribution in [-0.2, 0) is 14.3 Å². The maximum Gasteiger partial charge on any atom is 0.296 e. The largest absolute Gasteiger partial charge is 0.392 e. The minimum Gasteiger partial charge on any atom is -0.392 e. The van der Waals surface area contributed by atoms with Crippen molar-refractivity contribution in [2.24, 2.45) is 17.8 Å². The zero-order valence-electron chi connectivity index (χ0n) is 11.5. The normalized spacial score (nSPS) is 32.7. The number of aryl methyl sites for hydroxylation is 1. The van der Waals surface area contributed by atoms with Gasteiger partial charge in [0, 0.05) is 5.92 Å². The molecule has 2 aliphatic rings. The molecule has 0 amide bonds. The molecule has 0 aromatic heterocycles. The fourth-order valence-electron chi connectivity index (χ4n) is 3.56. The first kappa shape index (κ1) is 14.0. The summed E-state index contributed by atoms with van der Waals surface area (Å²) in [4.78, 5) is 0.181. The lowest BCUT2D eigenvalue weighted by Crippen LogP contribution is -2.31. The molecule has 0 heterocycles. The number of benzene rings is 1. The average Bonchev–Trinajstić information content (AvgIpc) is 2.98. The van der Waals surface area contributed by atoms with Gasteiger partial charge in [-0.1, -0.05) is 17.7 Å². The standard InChI is InChI=1S/C15H20O4S/c1-10-2-6-13(7-3-10)20(17,18)19-9-14-11-4-5-12(8-11)15(14)16/h2-3,6-7,11-12,14-16H,4-5,8-9H2,1H3/t11-,12-,14+,15-/m0/s1. The van der Waals surface area contributed by atoms with Crippen molar-refractivity contribution in [1.82, 2.24) is 0 Å². The van der Waals surface area contributed by atoms with Gasteiger partial charge >= 0.3 is 0 Å². The monoisotopic (exact) mass is 296 g/mol. The highest BCUT2D eigenvalue weighted by Crippen LogP contribution is 2.48. The van der Waals surface area contributed by atoms with Gasteiger partial charge in [0.1, 0.15) is 0 Å². The number of hydrogen-bond donors (Lipinski definition) is 1. The van der Waals surface area contributed by atoms with Gasteiger partial charge in [0.25, 0.3) is 10.1 Å². The second kappa shape index (κ2) is 5.13. The Morgan fingerprint density at radius 1 is 1.20 bits per heavy atom. The van der Waals surface area contributed by atoms with E-state index < -0.39 is 16.2 Å². The van der Waals surface area contributed by atoms with Gasteiger partial charge in [-0.25, -0.2) is 0 Å². The molecule has 2 fully saturated rings. The number of fused-ring (bicyclic) bond motifs is 2. The number of aliphatic hydroxyl groups is 1. The van der Waals surface area contributed by atoms with Crippen LogP contribution >= 0.6 is 0 Å². The summed E-state index contributed by atoms with van der Waals surface area (Å²) in [6.45, 7) is 2.00. The van der Waals surface area contributed by atoms with Crippen LogP contribution < -0.4 is 0 Å². The van der Waals surface area contributed by atoms with Crippen molar-refractivity contribution in [1.29, 1.82) is 0 Å². The summed E-state index contributed by atoms with van der Waals surface area (Å²) in [6, 6.07) is 6.62. The molecular formula is C15H20O4S. The molecule has 2 bridgehead atoms. The molecule has 0 radical (unpaired) electrons. The third-order valence-corrected chi connectivity index (χ3v) is 6.06. The van der Waals surface area contributed by atoms with E-state index in [1.807, 2.05) is 6.92 Å². The van der Waals surface area contributed by atoms with Gasteiger partial charge in [-0.3, -0.25) is 4.18 Å². The summed E-state index contributed by atoms with van der Waals surface area (Å²) in [5, 5.41) is 10.1. The van der Waals surface area contributed by atoms with E-state index in [0.717, 1.165) is 24.8 Å². The van der Waals surface area contributed by atoms with Gasteiger partial charge in [-0.15, -0.1) is 0 Å². The van der Waals surface area contributed by atoms with Crippen LogP contribution in [0, 0.1) is 24.7 Å². The van der Waals surface area contributed by atoms with Crippen molar-refractivity contribution < 1.29 is 17.7 Å². The van der Waals surface area contributed by atoms with Crippen LogP contribution in [0.4, 0.5) is 0 Å². The Morgan fingerprint density at radius 2 is 1.85 bits per heavy atom. The fraction of sp³-hybridized carbons (Fsp3) is 0.600. The summed E-state index contributed by atoms with van der Waals surface area (Å²) in [5.74, 6) is 0.730. The molecule has 1 aromatic rings. The summed E-state index contributed by atoms with van der Waals surface area (Å²) < 4.78 is 29.4. The van der Waals surface area contributed by atoms with E-state index in [2.05, 4.69) is 0 Å². The summed E-state index contributed by atoms with van der Waals surface area (Å²) in [6.07, 6.45) is 2.76. The Kier molecular flexibility index (Phi) is 3.60. The molecule has 5 heteroatoms. The topological polar surface area (TPSA) is 63.6 Å². The van der Waals surface area contributed by atoms with E-state index >= 15 is 0 Å². The van der Waals surface area contributed by atoms with Crippen LogP contribution in [0.15, 0.2) is 29.2 Å². The first-order valence-corrected chi connectivity index (χ1v) is 8.52. The van der Waals surface area contributed by atoms with E-state index in [4.69, 9.17) is 4.18 Å². The maximum absolute atomic E-state index is 12.1. The van der Waals surface area contributed by atoms with Gasteiger partial charge in [0.2, 0.25) is 0 Å². The highest BCUT2D eigenvalue weighted by molar-refractivity contribution is 7.86. The van der Waals surface area contributed by atoms with Crippen molar-refractivity contribution in [3.63, 3.8) is 0 Å². The SMILES string of the molecule is Cc1ccc(S(=O)(=O)OC[C@@H]2[C@H]3CC[C@@H](C3)[C@@H]2O)cc1. The van der Waals surface area contributed by atoms with Crippen molar-refractivity contribution in [3.8, 4) is 0 Å². The lowest BCUT2D eigenvalue weighted by molar-refractivity contribution is 0.0350. The first-order valence-electron chi connectivity index (χ1n) is 7.11. The number of rotatable bonds is 4. The van der Waals surface area contributed by atoms with Crippen LogP contribution in [0.2, 0.25) is 0 Å². The minimum atomic E-state index is -3.72. The van der Waals surface area contributed by atoms with E-state index in [1.54, 1.807) is 24.3 Å². The molecule has 0 saturated heterocycles. The Hall–Kier alpha value is -0.910. The van der Waals surface area contributed by atoms with Gasteiger partial charge in [-0.05, 0) is 50.2 Å². The van der Waals surface area contributed by atoms with Crippen LogP contribution in [0.1, 0.15) is 24.8 Å². The second-order valence-electron chi connectivity index (χ2n) is 6.04. The predicted molar refractivity (Wildman–Crippen MR) is 74.6 cm³/mol. The van der Waals surface area contributed by atoms with Crippen LogP contribution in [0.3, 0.4) is 0 Å². The smallest absolute Gasteiger partial charge is 0.296 e. The van der Waals surface area contributed by atoms with Crippen LogP contribution in [-0.4, -0.2) is 26.2 Å². The lowest BCUT2D eigenvalue weighted by atomic mass is 9.87. The van der Waals surface area contributed by atoms with Crippen molar-refractivity contribution >= 4 is 10.1 Å². The van der Waals surface area contributed by atoms with E-state index in [9.17, 15) is 13.5 Å². The van der Waals surface area contributed by atoms with Gasteiger partial charge in [0.05, 0.1) is 17.6 Å². The lowest BCUT2D eigenvalue weighted by Gasteiger charge is -2.26. The van der Waals surface area contributed by atoms with Crippen LogP contribution in [0.25, 0.3) is 0 Å². The molecule has 1 N–H and O–H groups in total. The Balaban J connectivity index is 1.67. The maximum atomic E-state index is 12.1. The number of aliphatic hydroxyl groups excluding tert-OH is 1. The molecule has 2 aliphatic carbocycles. The molecule has 1 aromatic carbocycles. The fourth-order valence-corrected chi connectivity index (χ4v) is 4.50. The van der Waals surface area contributed by atoms with Crippen LogP contribution in [0.5, 0.6) is 0 Å². The highest BCUT2D eigenvalue weighted by atomic mass is 32.2. The first-order chi connectivity index (χ1) is 9.47. The van der Waals surface area contributed by atoms with Crippen molar-refractivity contribution in [3.05, 3.63) is 29.8 Å². The van der Waals surface area contributed by atoms with Crippen molar-refractivity contribution in [2.45, 2.75) is 37.2 Å². The average molecular weight is 296 g/mol. The second-order valence-corrected chi connectivity index (χ2v) is 7.65. The molecule has 0 unspecified atom stereocenters. The van der Waals surface area contributed by atoms with Crippen molar-refractivity contribution in [2.75, 3.05) is 6.61 Å². The molecule has 2 saturated carbocycles. The molecule has 4 atom stereocenters. The molecular weight excluding hydrogens is 276 g/mol. The summed E-state index contributed by atoms with van der Waals surface area (Å²) in [5.41, 5.74) is 1.01. The van der Waals surface area contributed by atoms with Gasteiger partial charge in [0.15, 0.2) is 0 Å². The summed E-state index contributed by atoms with van der Waals surface area (Å²) >= 11 is 0. The number of hydrogen-bond acceptors (Lipinski definition) is 4. The minimum absolute atomic E-state index is 0.0334. The molecule has 0 spiro atoms. The highest BCUT2D eigenvalue weighted by Gasteiger charge is 2.47. The Morgan fingerprint density at radius 3 is 2.45 bits per heavy atom. The van der Waals surface area contributed by atoms with E-state index in [1.165, 1.54) is 0 Å². The molecule has 0 aliphatic heterocycles. The molecule has 4 nitrogen and oxygen atoms in total. The Labute approximate surface area is 119 Å². The van der Waals surface area contributed by atoms with E-state index in [-0.39, 0.29) is 17.4 Å². The summed E-state index contributed by atoms with van der Waals surface area (Å²) in [7, 11) is -3.72. The molecule has 110 valence electrons. The quantitative estimate of drug-likeness (QED) is 0.864. The van der Waals surface area contributed by atoms with Gasteiger partial charge in [-0.2, -0.15) is 8.42 Å². The zero-order valence-corrected chi connectivity index (χ0v) is 12.3. The molecule has 20 heavy (non-hydrogen) atoms. The molecule has 3 rings (SSSR count). The van der Waals surface area contributed by atoms with E-state index in [0.29, 0.717) is 11.8 Å². The Bertz CT molecular complexity index is 576. The zero-order chi connectivity index (χ0) is 14.3. The third kappa shape index (κ3) is 2.50.